The molecule has 37 heavy (non-hydrogen) atoms. The zero-order valence-electron chi connectivity index (χ0n) is 21.6. The lowest BCUT2D eigenvalue weighted by Gasteiger charge is -2.38. The second-order valence-corrected chi connectivity index (χ2v) is 11.9. The first kappa shape index (κ1) is 25.6. The lowest BCUT2D eigenvalue weighted by Crippen LogP contribution is -2.42. The van der Waals surface area contributed by atoms with E-state index in [1.54, 1.807) is 0 Å². The smallest absolute Gasteiger partial charge is 0.339 e. The summed E-state index contributed by atoms with van der Waals surface area (Å²) in [5.41, 5.74) is 3.10. The summed E-state index contributed by atoms with van der Waals surface area (Å²) in [6.45, 7) is 5.68. The van der Waals surface area contributed by atoms with Gasteiger partial charge >= 0.3 is 5.97 Å². The largest absolute Gasteiger partial charge is 0.465 e. The van der Waals surface area contributed by atoms with E-state index in [0.717, 1.165) is 36.2 Å². The van der Waals surface area contributed by atoms with Gasteiger partial charge in [0.25, 0.3) is 0 Å². The molecule has 2 aromatic heterocycles. The van der Waals surface area contributed by atoms with Crippen molar-refractivity contribution in [3.05, 3.63) is 41.0 Å². The normalized spacial score (nSPS) is 17.9. The zero-order valence-corrected chi connectivity index (χ0v) is 22.4. The molecular weight excluding hydrogens is 498 g/mol. The van der Waals surface area contributed by atoms with Gasteiger partial charge in [-0.3, -0.25) is 0 Å². The van der Waals surface area contributed by atoms with Gasteiger partial charge in [0.15, 0.2) is 9.84 Å². The fourth-order valence-corrected chi connectivity index (χ4v) is 5.94. The highest BCUT2D eigenvalue weighted by molar-refractivity contribution is 7.90. The summed E-state index contributed by atoms with van der Waals surface area (Å²) in [6, 6.07) is 2.89. The summed E-state index contributed by atoms with van der Waals surface area (Å²) in [6.07, 6.45) is 5.07. The van der Waals surface area contributed by atoms with Gasteiger partial charge in [0, 0.05) is 37.0 Å². The van der Waals surface area contributed by atoms with E-state index >= 15 is 0 Å². The van der Waals surface area contributed by atoms with Gasteiger partial charge < -0.3 is 14.2 Å². The quantitative estimate of drug-likeness (QED) is 0.244. The van der Waals surface area contributed by atoms with Crippen LogP contribution in [0.2, 0.25) is 0 Å². The summed E-state index contributed by atoms with van der Waals surface area (Å²) in [5, 5.41) is 0. The van der Waals surface area contributed by atoms with Gasteiger partial charge in [-0.05, 0) is 30.9 Å². The van der Waals surface area contributed by atoms with Crippen LogP contribution in [0.3, 0.4) is 0 Å². The first-order valence-electron chi connectivity index (χ1n) is 12.2. The Kier molecular flexibility index (Phi) is 6.67. The fraction of sp³-hybridized carbons (Fsp3) is 0.520. The standard InChI is InChI=1S/C25H31N5O6S/c1-14(2)22-23-27-18-10-17(24(31)34-3)20(37(5,32)33)11-19(18)29(23)8-9-30(22)25-26-12-16(13-36-35-4)21(28-25)15-6-7-15/h10-12,14-15,22H,6-9,13H2,1-5H3/t22-/m1/s1. The van der Waals surface area contributed by atoms with Crippen LogP contribution in [0.4, 0.5) is 5.95 Å². The molecule has 1 fully saturated rings. The van der Waals surface area contributed by atoms with E-state index in [-0.39, 0.29) is 29.0 Å². The molecule has 0 unspecified atom stereocenters. The Morgan fingerprint density at radius 3 is 2.54 bits per heavy atom. The number of hydrogen-bond acceptors (Lipinski definition) is 10. The van der Waals surface area contributed by atoms with Gasteiger partial charge in [-0.1, -0.05) is 13.8 Å². The molecule has 2 aliphatic rings. The predicted molar refractivity (Wildman–Crippen MR) is 135 cm³/mol. The number of sulfone groups is 1. The molecule has 11 nitrogen and oxygen atoms in total. The average molecular weight is 530 g/mol. The van der Waals surface area contributed by atoms with Crippen molar-refractivity contribution in [2.75, 3.05) is 31.9 Å². The van der Waals surface area contributed by atoms with Crippen LogP contribution in [0.15, 0.2) is 23.2 Å². The van der Waals surface area contributed by atoms with Gasteiger partial charge in [0.05, 0.1) is 47.4 Å². The molecule has 3 aromatic rings. The lowest BCUT2D eigenvalue weighted by molar-refractivity contribution is -0.282. The molecule has 1 atom stereocenters. The van der Waals surface area contributed by atoms with Gasteiger partial charge in [0.1, 0.15) is 12.4 Å². The van der Waals surface area contributed by atoms with Crippen LogP contribution >= 0.6 is 0 Å². The molecule has 1 aromatic carbocycles. The maximum atomic E-state index is 12.5. The highest BCUT2D eigenvalue weighted by atomic mass is 32.2. The summed E-state index contributed by atoms with van der Waals surface area (Å²) in [7, 11) is -0.971. The van der Waals surface area contributed by atoms with Crippen molar-refractivity contribution in [1.82, 2.24) is 19.5 Å². The van der Waals surface area contributed by atoms with E-state index in [1.807, 2.05) is 10.8 Å². The number of aromatic nitrogens is 4. The van der Waals surface area contributed by atoms with E-state index in [1.165, 1.54) is 26.4 Å². The molecule has 3 heterocycles. The van der Waals surface area contributed by atoms with E-state index in [2.05, 4.69) is 23.7 Å². The van der Waals surface area contributed by atoms with Crippen molar-refractivity contribution >= 4 is 32.8 Å². The number of carbonyl (C=O) groups excluding carboxylic acids is 1. The number of ether oxygens (including phenoxy) is 1. The van der Waals surface area contributed by atoms with Crippen LogP contribution in [0, 0.1) is 5.92 Å². The number of carbonyl (C=O) groups is 1. The lowest BCUT2D eigenvalue weighted by atomic mass is 10.00. The van der Waals surface area contributed by atoms with Crippen molar-refractivity contribution in [3.63, 3.8) is 0 Å². The Hall–Kier alpha value is -3.09. The third-order valence-corrected chi connectivity index (χ3v) is 8.06. The van der Waals surface area contributed by atoms with Gasteiger partial charge in [-0.25, -0.2) is 37.9 Å². The van der Waals surface area contributed by atoms with Crippen LogP contribution in [0.1, 0.15) is 66.1 Å². The minimum Gasteiger partial charge on any atom is -0.465 e. The molecule has 1 aliphatic heterocycles. The molecule has 0 spiro atoms. The highest BCUT2D eigenvalue weighted by Gasteiger charge is 2.36. The molecule has 198 valence electrons. The molecule has 1 aliphatic carbocycles. The minimum atomic E-state index is -3.68. The highest BCUT2D eigenvalue weighted by Crippen LogP contribution is 2.42. The van der Waals surface area contributed by atoms with Crippen LogP contribution in [-0.4, -0.2) is 60.9 Å². The Labute approximate surface area is 215 Å². The number of imidazole rings is 1. The Morgan fingerprint density at radius 2 is 1.92 bits per heavy atom. The van der Waals surface area contributed by atoms with Gasteiger partial charge in [-0.15, -0.1) is 0 Å². The third-order valence-electron chi connectivity index (χ3n) is 6.92. The van der Waals surface area contributed by atoms with Crippen molar-refractivity contribution in [1.29, 1.82) is 0 Å². The van der Waals surface area contributed by atoms with E-state index < -0.39 is 15.8 Å². The minimum absolute atomic E-state index is 0.0165. The van der Waals surface area contributed by atoms with Crippen molar-refractivity contribution < 1.29 is 27.7 Å². The second kappa shape index (κ2) is 9.66. The number of fused-ring (bicyclic) bond motifs is 3. The van der Waals surface area contributed by atoms with Crippen LogP contribution in [-0.2, 0) is 37.5 Å². The number of nitrogens with zero attached hydrogens (tertiary/aromatic N) is 5. The number of benzene rings is 1. The molecule has 0 amide bonds. The fourth-order valence-electron chi connectivity index (χ4n) is 5.07. The van der Waals surface area contributed by atoms with Crippen molar-refractivity contribution in [2.45, 2.75) is 56.7 Å². The van der Waals surface area contributed by atoms with Crippen molar-refractivity contribution in [3.8, 4) is 0 Å². The molecule has 1 saturated carbocycles. The predicted octanol–water partition coefficient (Wildman–Crippen LogP) is 3.19. The molecular formula is C25H31N5O6S. The second-order valence-electron chi connectivity index (χ2n) is 9.89. The molecule has 0 N–H and O–H groups in total. The molecule has 12 heteroatoms. The number of anilines is 1. The summed E-state index contributed by atoms with van der Waals surface area (Å²) < 4.78 is 31.9. The monoisotopic (exact) mass is 529 g/mol. The average Bonchev–Trinajstić information content (AvgIpc) is 3.65. The zero-order chi connectivity index (χ0) is 26.5. The Morgan fingerprint density at radius 1 is 1.16 bits per heavy atom. The van der Waals surface area contributed by atoms with Crippen LogP contribution < -0.4 is 4.90 Å². The first-order valence-corrected chi connectivity index (χ1v) is 14.1. The summed E-state index contributed by atoms with van der Waals surface area (Å²) in [5.74, 6) is 1.24. The van der Waals surface area contributed by atoms with Gasteiger partial charge in [0.2, 0.25) is 5.95 Å². The topological polar surface area (TPSA) is 126 Å². The van der Waals surface area contributed by atoms with E-state index in [9.17, 15) is 13.2 Å². The molecule has 5 rings (SSSR count). The molecule has 0 radical (unpaired) electrons. The third kappa shape index (κ3) is 4.69. The number of methoxy groups -OCH3 is 1. The Balaban J connectivity index is 1.60. The Bertz CT molecular complexity index is 1460. The SMILES string of the molecule is COOCc1cnc(N2CCn3c(nc4cc(C(=O)OC)c(S(C)(=O)=O)cc43)[C@H]2C(C)C)nc1C1CC1. The van der Waals surface area contributed by atoms with E-state index in [0.29, 0.717) is 36.0 Å². The number of hydrogen-bond donors (Lipinski definition) is 0. The van der Waals surface area contributed by atoms with Crippen LogP contribution in [0.25, 0.3) is 11.0 Å². The first-order chi connectivity index (χ1) is 17.6. The summed E-state index contributed by atoms with van der Waals surface area (Å²) in [4.78, 5) is 39.0. The number of rotatable bonds is 8. The maximum absolute atomic E-state index is 12.5. The molecule has 0 bridgehead atoms. The maximum Gasteiger partial charge on any atom is 0.339 e. The van der Waals surface area contributed by atoms with Gasteiger partial charge in [-0.2, -0.15) is 0 Å². The molecule has 0 saturated heterocycles. The van der Waals surface area contributed by atoms with Crippen LogP contribution in [0.5, 0.6) is 0 Å². The van der Waals surface area contributed by atoms with E-state index in [4.69, 9.17) is 24.5 Å². The summed E-state index contributed by atoms with van der Waals surface area (Å²) >= 11 is 0. The number of esters is 1. The van der Waals surface area contributed by atoms with Crippen molar-refractivity contribution in [2.24, 2.45) is 5.92 Å².